The first kappa shape index (κ1) is 28.1. The molecule has 0 saturated heterocycles. The molecule has 0 aromatic carbocycles. The summed E-state index contributed by atoms with van der Waals surface area (Å²) in [6.07, 6.45) is -21.5. The highest BCUT2D eigenvalue weighted by molar-refractivity contribution is 7.88. The van der Waals surface area contributed by atoms with Gasteiger partial charge in [0, 0.05) is 0 Å². The van der Waals surface area contributed by atoms with E-state index in [-0.39, 0.29) is 0 Å². The topological polar surface area (TPSA) is 186 Å². The summed E-state index contributed by atoms with van der Waals surface area (Å²) in [5, 5.41) is -5.60. The minimum absolute atomic E-state index is 5.97. The summed E-state index contributed by atoms with van der Waals surface area (Å²) in [4.78, 5) is 0. The third-order valence-corrected chi connectivity index (χ3v) is 6.71. The molecule has 0 aliphatic heterocycles. The third kappa shape index (κ3) is 6.04. The number of alkyl halides is 9. The van der Waals surface area contributed by atoms with Gasteiger partial charge in [0.1, 0.15) is 0 Å². The van der Waals surface area contributed by atoms with E-state index in [1.54, 1.807) is 0 Å². The molecule has 3 N–H and O–H groups in total. The molecule has 0 bridgehead atoms. The molecule has 0 fully saturated rings. The second kappa shape index (κ2) is 7.33. The van der Waals surface area contributed by atoms with Crippen molar-refractivity contribution in [2.24, 2.45) is 0 Å². The summed E-state index contributed by atoms with van der Waals surface area (Å²) in [5.41, 5.74) is -6.98. The van der Waals surface area contributed by atoms with E-state index in [0.29, 0.717) is 0 Å². The molecule has 0 amide bonds. The monoisotopic (exact) mass is 517 g/mol. The van der Waals surface area contributed by atoms with Crippen LogP contribution in [0.1, 0.15) is 0 Å². The molecule has 29 heavy (non-hydrogen) atoms. The van der Waals surface area contributed by atoms with Crippen LogP contribution in [0.5, 0.6) is 0 Å². The van der Waals surface area contributed by atoms with Gasteiger partial charge in [-0.25, -0.2) is 0 Å². The number of hydrogen-bond acceptors (Lipinski definition) is 7. The van der Waals surface area contributed by atoms with Gasteiger partial charge in [-0.2, -0.15) is 64.8 Å². The fourth-order valence-corrected chi connectivity index (χ4v) is 5.87. The molecule has 3 unspecified atom stereocenters. The number of rotatable bonds is 6. The Morgan fingerprint density at radius 3 is 0.724 bits per heavy atom. The minimum atomic E-state index is -7.50. The Kier molecular flexibility index (Phi) is 7.10. The van der Waals surface area contributed by atoms with E-state index in [1.807, 2.05) is 0 Å². The van der Waals surface area contributed by atoms with Gasteiger partial charge in [-0.05, 0) is 5.60 Å². The van der Waals surface area contributed by atoms with Crippen LogP contribution in [0, 0.1) is 0 Å². The van der Waals surface area contributed by atoms with E-state index in [2.05, 4.69) is 0 Å². The predicted octanol–water partition coefficient (Wildman–Crippen LogP) is -0.458. The van der Waals surface area contributed by atoms with Gasteiger partial charge in [-0.1, -0.05) is 0 Å². The molecule has 0 heterocycles. The maximum Gasteiger partial charge on any atom is 0.407 e. The van der Waals surface area contributed by atoms with Crippen LogP contribution in [0.15, 0.2) is 0 Å². The average molecular weight is 517 g/mol. The van der Waals surface area contributed by atoms with Gasteiger partial charge in [0.2, 0.25) is 0 Å². The highest BCUT2D eigenvalue weighted by atomic mass is 32.2. The summed E-state index contributed by atoms with van der Waals surface area (Å²) < 4.78 is 207. The van der Waals surface area contributed by atoms with Crippen LogP contribution in [0.3, 0.4) is 0 Å². The van der Waals surface area contributed by atoms with E-state index in [0.717, 1.165) is 0 Å². The number of halogens is 9. The molecule has 176 valence electrons. The predicted molar refractivity (Wildman–Crippen MR) is 66.9 cm³/mol. The van der Waals surface area contributed by atoms with Crippen molar-refractivity contribution in [1.29, 1.82) is 0 Å². The van der Waals surface area contributed by atoms with Gasteiger partial charge in [-0.15, -0.1) is 0 Å². The summed E-state index contributed by atoms with van der Waals surface area (Å²) in [7, 11) is -22.5. The van der Waals surface area contributed by atoms with Crippen LogP contribution in [0.2, 0.25) is 0 Å². The van der Waals surface area contributed by atoms with Crippen molar-refractivity contribution < 1.29 is 83.5 Å². The van der Waals surface area contributed by atoms with Crippen LogP contribution in [0.4, 0.5) is 39.5 Å². The van der Waals surface area contributed by atoms with Crippen LogP contribution in [0.25, 0.3) is 0 Å². The molecule has 0 radical (unpaired) electrons. The zero-order valence-electron chi connectivity index (χ0n) is 12.6. The van der Waals surface area contributed by atoms with Crippen LogP contribution in [-0.4, -0.2) is 78.8 Å². The molecular formula is C7H6F9O10S3-. The Labute approximate surface area is 154 Å². The van der Waals surface area contributed by atoms with Gasteiger partial charge < -0.3 is 5.11 Å². The third-order valence-electron chi connectivity index (χ3n) is 3.01. The standard InChI is InChI=1S/C7H6F9O10S3/c8-5(9,10)1(27(18,19)20)4(17,2(6(11,12)13)28(21,22)23)3(7(14,15)16)29(24,25)26/h1-3H,(H,18,19,20)(H,21,22,23)(H,24,25,26)/q-1. The summed E-state index contributed by atoms with van der Waals surface area (Å²) in [5.74, 6) is 0. The van der Waals surface area contributed by atoms with Crippen molar-refractivity contribution in [3.05, 3.63) is 0 Å². The van der Waals surface area contributed by atoms with Gasteiger partial charge in [0.25, 0.3) is 30.4 Å². The molecule has 0 spiro atoms. The zero-order valence-corrected chi connectivity index (χ0v) is 15.0. The lowest BCUT2D eigenvalue weighted by atomic mass is 9.88. The largest absolute Gasteiger partial charge is 0.846 e. The normalized spacial score (nSPS) is 20.6. The first-order valence-corrected chi connectivity index (χ1v) is 10.4. The van der Waals surface area contributed by atoms with Crippen molar-refractivity contribution >= 4 is 30.4 Å². The van der Waals surface area contributed by atoms with Gasteiger partial charge in [0.05, 0.1) is 0 Å². The van der Waals surface area contributed by atoms with Gasteiger partial charge in [-0.3, -0.25) is 13.7 Å². The van der Waals surface area contributed by atoms with Crippen molar-refractivity contribution in [3.8, 4) is 0 Å². The lowest BCUT2D eigenvalue weighted by Crippen LogP contribution is -2.81. The minimum Gasteiger partial charge on any atom is -0.846 e. The maximum atomic E-state index is 13.0. The molecule has 3 atom stereocenters. The number of hydrogen-bond donors (Lipinski definition) is 3. The zero-order chi connectivity index (χ0) is 24.2. The molecule has 0 aromatic rings. The molecule has 0 aromatic heterocycles. The van der Waals surface area contributed by atoms with E-state index < -0.39 is 70.2 Å². The molecule has 22 heteroatoms. The second-order valence-corrected chi connectivity index (χ2v) is 9.67. The molecule has 0 aliphatic carbocycles. The Balaban J connectivity index is 8.03. The lowest BCUT2D eigenvalue weighted by Gasteiger charge is -2.52. The summed E-state index contributed by atoms with van der Waals surface area (Å²) in [6.45, 7) is 0. The first-order chi connectivity index (χ1) is 12.1. The van der Waals surface area contributed by atoms with Crippen LogP contribution < -0.4 is 5.11 Å². The van der Waals surface area contributed by atoms with Crippen molar-refractivity contribution in [3.63, 3.8) is 0 Å². The van der Waals surface area contributed by atoms with Gasteiger partial charge >= 0.3 is 18.5 Å². The molecular weight excluding hydrogens is 511 g/mol. The first-order valence-electron chi connectivity index (χ1n) is 5.89. The average Bonchev–Trinajstić information content (AvgIpc) is 2.11. The van der Waals surface area contributed by atoms with Crippen molar-refractivity contribution in [1.82, 2.24) is 0 Å². The van der Waals surface area contributed by atoms with Crippen LogP contribution >= 0.6 is 0 Å². The SMILES string of the molecule is O=S(=O)(O)C(C(F)(F)F)C([O-])(C(C(F)(F)F)S(=O)(=O)O)C(C(F)(F)F)S(=O)(=O)O. The smallest absolute Gasteiger partial charge is 0.407 e. The molecule has 0 rings (SSSR count). The van der Waals surface area contributed by atoms with E-state index in [1.165, 1.54) is 0 Å². The van der Waals surface area contributed by atoms with E-state index >= 15 is 0 Å². The van der Waals surface area contributed by atoms with Crippen molar-refractivity contribution in [2.75, 3.05) is 0 Å². The summed E-state index contributed by atoms with van der Waals surface area (Å²) in [6, 6.07) is 0. The van der Waals surface area contributed by atoms with Crippen molar-refractivity contribution in [2.45, 2.75) is 39.9 Å². The highest BCUT2D eigenvalue weighted by Gasteiger charge is 2.74. The lowest BCUT2D eigenvalue weighted by molar-refractivity contribution is -0.506. The fourth-order valence-electron chi connectivity index (χ4n) is 2.38. The molecule has 0 saturated carbocycles. The fraction of sp³-hybridized carbons (Fsp3) is 1.00. The second-order valence-electron chi connectivity index (χ2n) is 5.16. The quantitative estimate of drug-likeness (QED) is 0.308. The highest BCUT2D eigenvalue weighted by Crippen LogP contribution is 2.48. The Hall–Kier alpha value is -0.940. The molecule has 10 nitrogen and oxygen atoms in total. The summed E-state index contributed by atoms with van der Waals surface area (Å²) >= 11 is 0. The maximum absolute atomic E-state index is 13.0. The van der Waals surface area contributed by atoms with Gasteiger partial charge in [0.15, 0.2) is 15.7 Å². The van der Waals surface area contributed by atoms with E-state index in [9.17, 15) is 69.9 Å². The Morgan fingerprint density at radius 2 is 0.655 bits per heavy atom. The van der Waals surface area contributed by atoms with E-state index in [4.69, 9.17) is 13.7 Å². The Morgan fingerprint density at radius 1 is 0.517 bits per heavy atom. The Bertz CT molecular complexity index is 805. The van der Waals surface area contributed by atoms with Crippen LogP contribution in [-0.2, 0) is 30.4 Å². The molecule has 0 aliphatic rings.